The number of hydrogen-bond acceptors (Lipinski definition) is 5. The van der Waals surface area contributed by atoms with E-state index in [1.165, 1.54) is 11.3 Å². The summed E-state index contributed by atoms with van der Waals surface area (Å²) in [5.41, 5.74) is 5.10. The number of para-hydroxylation sites is 2. The molecule has 2 N–H and O–H groups in total. The highest BCUT2D eigenvalue weighted by Gasteiger charge is 2.27. The lowest BCUT2D eigenvalue weighted by Crippen LogP contribution is -2.35. The van der Waals surface area contributed by atoms with Crippen molar-refractivity contribution < 1.29 is 4.79 Å². The molecule has 1 aromatic carbocycles. The molecule has 1 atom stereocenters. The molecule has 8 heteroatoms. The quantitative estimate of drug-likeness (QED) is 0.326. The number of pyridine rings is 2. The first kappa shape index (κ1) is 22.7. The van der Waals surface area contributed by atoms with E-state index < -0.39 is 0 Å². The Bertz CT molecular complexity index is 1260. The van der Waals surface area contributed by atoms with Crippen molar-refractivity contribution in [1.29, 1.82) is 0 Å². The number of halogens is 1. The van der Waals surface area contributed by atoms with Crippen LogP contribution in [-0.4, -0.2) is 43.8 Å². The van der Waals surface area contributed by atoms with E-state index in [4.69, 9.17) is 9.97 Å². The average Bonchev–Trinajstić information content (AvgIpc) is 3.28. The van der Waals surface area contributed by atoms with Crippen molar-refractivity contribution in [2.45, 2.75) is 38.3 Å². The first-order chi connectivity index (χ1) is 16.7. The molecule has 1 aliphatic carbocycles. The van der Waals surface area contributed by atoms with Gasteiger partial charge in [0.05, 0.1) is 34.9 Å². The van der Waals surface area contributed by atoms with Crippen molar-refractivity contribution in [1.82, 2.24) is 30.2 Å². The normalized spacial score (nSPS) is 15.4. The molecule has 1 unspecified atom stereocenters. The van der Waals surface area contributed by atoms with Gasteiger partial charge in [-0.3, -0.25) is 19.7 Å². The van der Waals surface area contributed by atoms with Crippen LogP contribution in [0.15, 0.2) is 65.5 Å². The van der Waals surface area contributed by atoms with Gasteiger partial charge in [-0.25, -0.2) is 4.98 Å². The van der Waals surface area contributed by atoms with Crippen molar-refractivity contribution in [2.24, 2.45) is 0 Å². The van der Waals surface area contributed by atoms with Gasteiger partial charge in [-0.15, -0.1) is 0 Å². The summed E-state index contributed by atoms with van der Waals surface area (Å²) >= 11 is 3.37. The first-order valence-electron chi connectivity index (χ1n) is 11.7. The number of carbonyl (C=O) groups excluding carboxylic acids is 1. The maximum absolute atomic E-state index is 12.5. The van der Waals surface area contributed by atoms with Crippen LogP contribution in [0.3, 0.4) is 0 Å². The third-order valence-electron chi connectivity index (χ3n) is 6.27. The van der Waals surface area contributed by atoms with Crippen molar-refractivity contribution in [2.75, 3.05) is 13.1 Å². The molecule has 0 saturated carbocycles. The first-order valence-corrected chi connectivity index (χ1v) is 12.5. The molecule has 3 heterocycles. The topological polar surface area (TPSA) is 86.8 Å². The van der Waals surface area contributed by atoms with E-state index in [0.717, 1.165) is 53.6 Å². The van der Waals surface area contributed by atoms with Crippen LogP contribution < -0.4 is 5.32 Å². The molecule has 0 spiro atoms. The van der Waals surface area contributed by atoms with Gasteiger partial charge >= 0.3 is 0 Å². The molecule has 34 heavy (non-hydrogen) atoms. The number of benzene rings is 1. The molecule has 1 aliphatic rings. The monoisotopic (exact) mass is 518 g/mol. The Kier molecular flexibility index (Phi) is 6.97. The van der Waals surface area contributed by atoms with Gasteiger partial charge in [0.1, 0.15) is 5.82 Å². The SMILES string of the molecule is O=C(NCCCN(Cc1nc2ccccc2[nH]1)C1CCCc2cccnc21)c1cncc(Br)c1. The Labute approximate surface area is 207 Å². The number of aromatic nitrogens is 4. The second-order valence-corrected chi connectivity index (χ2v) is 9.54. The van der Waals surface area contributed by atoms with E-state index in [1.807, 2.05) is 30.5 Å². The number of H-pyrrole nitrogens is 1. The van der Waals surface area contributed by atoms with Gasteiger partial charge in [0, 0.05) is 36.2 Å². The molecule has 0 saturated heterocycles. The molecular weight excluding hydrogens is 492 g/mol. The number of hydrogen-bond donors (Lipinski definition) is 2. The summed E-state index contributed by atoms with van der Waals surface area (Å²) in [5, 5.41) is 3.02. The second-order valence-electron chi connectivity index (χ2n) is 8.63. The van der Waals surface area contributed by atoms with Crippen LogP contribution in [0.25, 0.3) is 11.0 Å². The van der Waals surface area contributed by atoms with Gasteiger partial charge < -0.3 is 10.3 Å². The molecule has 174 valence electrons. The lowest BCUT2D eigenvalue weighted by Gasteiger charge is -2.34. The maximum atomic E-state index is 12.5. The minimum Gasteiger partial charge on any atom is -0.352 e. The number of nitrogens with one attached hydrogen (secondary N) is 2. The summed E-state index contributed by atoms with van der Waals surface area (Å²) in [7, 11) is 0. The molecule has 1 amide bonds. The van der Waals surface area contributed by atoms with E-state index in [-0.39, 0.29) is 11.9 Å². The second kappa shape index (κ2) is 10.4. The maximum Gasteiger partial charge on any atom is 0.252 e. The summed E-state index contributed by atoms with van der Waals surface area (Å²) in [4.78, 5) is 32.1. The number of amides is 1. The number of nitrogens with zero attached hydrogens (tertiary/aromatic N) is 4. The van der Waals surface area contributed by atoms with Crippen LogP contribution >= 0.6 is 15.9 Å². The summed E-state index contributed by atoms with van der Waals surface area (Å²) < 4.78 is 0.792. The standard InChI is InChI=1S/C26H27BrN6O/c27-20-14-19(15-28-16-20)26(34)30-12-5-13-33(17-24-31-21-8-1-2-9-22(21)32-24)23-10-3-6-18-7-4-11-29-25(18)23/h1-2,4,7-9,11,14-16,23H,3,5-6,10,12-13,17H2,(H,30,34)(H,31,32). The van der Waals surface area contributed by atoms with E-state index in [1.54, 1.807) is 18.5 Å². The van der Waals surface area contributed by atoms with Gasteiger partial charge in [0.2, 0.25) is 0 Å². The Morgan fingerprint density at radius 1 is 1.21 bits per heavy atom. The summed E-state index contributed by atoms with van der Waals surface area (Å²) in [6, 6.07) is 14.4. The largest absolute Gasteiger partial charge is 0.352 e. The minimum absolute atomic E-state index is 0.109. The highest BCUT2D eigenvalue weighted by Crippen LogP contribution is 2.33. The van der Waals surface area contributed by atoms with Crippen molar-refractivity contribution in [3.05, 3.63) is 88.2 Å². The van der Waals surface area contributed by atoms with E-state index in [9.17, 15) is 4.79 Å². The summed E-state index contributed by atoms with van der Waals surface area (Å²) in [5.74, 6) is 0.843. The summed E-state index contributed by atoms with van der Waals surface area (Å²) in [6.45, 7) is 2.12. The zero-order chi connectivity index (χ0) is 23.3. The van der Waals surface area contributed by atoms with Gasteiger partial charge in [0.15, 0.2) is 0 Å². The van der Waals surface area contributed by atoms with E-state index >= 15 is 0 Å². The molecule has 4 aromatic rings. The number of rotatable bonds is 8. The molecule has 0 fully saturated rings. The zero-order valence-electron chi connectivity index (χ0n) is 18.9. The van der Waals surface area contributed by atoms with Gasteiger partial charge in [-0.1, -0.05) is 18.2 Å². The average molecular weight is 519 g/mol. The molecular formula is C26H27BrN6O. The Hall–Kier alpha value is -3.10. The van der Waals surface area contributed by atoms with Crippen LogP contribution in [-0.2, 0) is 13.0 Å². The Morgan fingerprint density at radius 2 is 2.12 bits per heavy atom. The molecule has 0 aliphatic heterocycles. The Morgan fingerprint density at radius 3 is 3.00 bits per heavy atom. The molecule has 7 nitrogen and oxygen atoms in total. The van der Waals surface area contributed by atoms with Crippen molar-refractivity contribution >= 4 is 32.9 Å². The fourth-order valence-electron chi connectivity index (χ4n) is 4.68. The lowest BCUT2D eigenvalue weighted by atomic mass is 9.90. The lowest BCUT2D eigenvalue weighted by molar-refractivity contribution is 0.0948. The van der Waals surface area contributed by atoms with E-state index in [2.05, 4.69) is 48.2 Å². The number of aromatic amines is 1. The van der Waals surface area contributed by atoms with Crippen molar-refractivity contribution in [3.63, 3.8) is 0 Å². The number of fused-ring (bicyclic) bond motifs is 2. The molecule has 3 aromatic heterocycles. The van der Waals surface area contributed by atoms with Crippen LogP contribution in [0, 0.1) is 0 Å². The van der Waals surface area contributed by atoms with Gasteiger partial charge in [-0.05, 0) is 71.4 Å². The zero-order valence-corrected chi connectivity index (χ0v) is 20.5. The van der Waals surface area contributed by atoms with Crippen molar-refractivity contribution in [3.8, 4) is 0 Å². The molecule has 0 bridgehead atoms. The fourth-order valence-corrected chi connectivity index (χ4v) is 5.05. The Balaban J connectivity index is 1.29. The highest BCUT2D eigenvalue weighted by atomic mass is 79.9. The van der Waals surface area contributed by atoms with E-state index in [0.29, 0.717) is 18.7 Å². The predicted octanol–water partition coefficient (Wildman–Crippen LogP) is 4.82. The molecule has 5 rings (SSSR count). The third kappa shape index (κ3) is 5.18. The van der Waals surface area contributed by atoms with Crippen LogP contribution in [0.4, 0.5) is 0 Å². The van der Waals surface area contributed by atoms with Crippen LogP contribution in [0.5, 0.6) is 0 Å². The van der Waals surface area contributed by atoms with Crippen LogP contribution in [0.2, 0.25) is 0 Å². The van der Waals surface area contributed by atoms with Gasteiger partial charge in [-0.2, -0.15) is 0 Å². The predicted molar refractivity (Wildman–Crippen MR) is 135 cm³/mol. The highest BCUT2D eigenvalue weighted by molar-refractivity contribution is 9.10. The third-order valence-corrected chi connectivity index (χ3v) is 6.71. The van der Waals surface area contributed by atoms with Crippen LogP contribution in [0.1, 0.15) is 52.7 Å². The number of carbonyl (C=O) groups is 1. The fraction of sp³-hybridized carbons (Fsp3) is 0.308. The van der Waals surface area contributed by atoms with Gasteiger partial charge in [0.25, 0.3) is 5.91 Å². The smallest absolute Gasteiger partial charge is 0.252 e. The molecule has 0 radical (unpaired) electrons. The summed E-state index contributed by atoms with van der Waals surface area (Å²) in [6.07, 6.45) is 9.26. The minimum atomic E-state index is -0.109. The number of aryl methyl sites for hydroxylation is 1. The number of imidazole rings is 1.